The predicted molar refractivity (Wildman–Crippen MR) is 66.4 cm³/mol. The smallest absolute Gasteiger partial charge is 0.337 e. The van der Waals surface area contributed by atoms with E-state index in [4.69, 9.17) is 5.11 Å². The number of carboxylic acid groups (broad SMARTS) is 1. The van der Waals surface area contributed by atoms with Gasteiger partial charge in [-0.2, -0.15) is 0 Å². The first-order chi connectivity index (χ1) is 8.20. The normalized spacial score (nSPS) is 19.6. The molecule has 4 heteroatoms. The summed E-state index contributed by atoms with van der Waals surface area (Å²) in [4.78, 5) is 17.2. The molecule has 0 aromatic carbocycles. The molecular weight excluding hydrogens is 216 g/mol. The van der Waals surface area contributed by atoms with Crippen LogP contribution in [0.5, 0.6) is 0 Å². The van der Waals surface area contributed by atoms with Gasteiger partial charge in [0.05, 0.1) is 5.56 Å². The molecule has 0 spiro atoms. The van der Waals surface area contributed by atoms with Gasteiger partial charge in [-0.3, -0.25) is 0 Å². The monoisotopic (exact) mass is 234 g/mol. The number of nitrogens with zero attached hydrogens (tertiary/aromatic N) is 2. The zero-order valence-corrected chi connectivity index (χ0v) is 10.1. The number of aromatic carboxylic acids is 1. The molecule has 2 heterocycles. The summed E-state index contributed by atoms with van der Waals surface area (Å²) in [6.07, 6.45) is 5.15. The van der Waals surface area contributed by atoms with Crippen LogP contribution in [0.1, 0.15) is 36.5 Å². The van der Waals surface area contributed by atoms with Gasteiger partial charge in [0.25, 0.3) is 0 Å². The van der Waals surface area contributed by atoms with Gasteiger partial charge in [-0.05, 0) is 30.9 Å². The highest BCUT2D eigenvalue weighted by atomic mass is 16.4. The SMILES string of the molecule is CCCC1CCN(c2ccc(C(=O)O)cn2)C1. The first kappa shape index (κ1) is 11.9. The lowest BCUT2D eigenvalue weighted by molar-refractivity contribution is 0.0696. The number of aromatic nitrogens is 1. The fourth-order valence-electron chi connectivity index (χ4n) is 2.38. The molecule has 1 saturated heterocycles. The highest BCUT2D eigenvalue weighted by Crippen LogP contribution is 2.25. The Morgan fingerprint density at radius 3 is 3.00 bits per heavy atom. The number of hydrogen-bond donors (Lipinski definition) is 1. The third kappa shape index (κ3) is 2.75. The summed E-state index contributed by atoms with van der Waals surface area (Å²) in [5.41, 5.74) is 0.248. The molecular formula is C13H18N2O2. The molecule has 0 radical (unpaired) electrons. The second kappa shape index (κ2) is 5.17. The van der Waals surface area contributed by atoms with Crippen LogP contribution in [0.15, 0.2) is 18.3 Å². The quantitative estimate of drug-likeness (QED) is 0.869. The molecule has 92 valence electrons. The summed E-state index contributed by atoms with van der Waals surface area (Å²) < 4.78 is 0. The van der Waals surface area contributed by atoms with Gasteiger partial charge in [0.1, 0.15) is 5.82 Å². The van der Waals surface area contributed by atoms with E-state index in [0.717, 1.165) is 24.8 Å². The number of hydrogen-bond acceptors (Lipinski definition) is 3. The van der Waals surface area contributed by atoms with Crippen LogP contribution < -0.4 is 4.90 Å². The van der Waals surface area contributed by atoms with E-state index in [2.05, 4.69) is 16.8 Å². The van der Waals surface area contributed by atoms with Crippen molar-refractivity contribution in [2.75, 3.05) is 18.0 Å². The summed E-state index contributed by atoms with van der Waals surface area (Å²) in [5.74, 6) is 0.740. The average molecular weight is 234 g/mol. The molecule has 0 aliphatic carbocycles. The molecule has 1 atom stereocenters. The van der Waals surface area contributed by atoms with Gasteiger partial charge in [0, 0.05) is 19.3 Å². The maximum atomic E-state index is 10.7. The minimum atomic E-state index is -0.922. The van der Waals surface area contributed by atoms with Crippen LogP contribution in [-0.2, 0) is 0 Å². The molecule has 4 nitrogen and oxygen atoms in total. The fraction of sp³-hybridized carbons (Fsp3) is 0.538. The summed E-state index contributed by atoms with van der Waals surface area (Å²) in [6.45, 7) is 4.29. The van der Waals surface area contributed by atoms with Crippen molar-refractivity contribution in [1.29, 1.82) is 0 Å². The van der Waals surface area contributed by atoms with Crippen LogP contribution in [0.25, 0.3) is 0 Å². The first-order valence-corrected chi connectivity index (χ1v) is 6.15. The third-order valence-corrected chi connectivity index (χ3v) is 3.30. The van der Waals surface area contributed by atoms with Crippen molar-refractivity contribution in [3.8, 4) is 0 Å². The second-order valence-electron chi connectivity index (χ2n) is 4.60. The van der Waals surface area contributed by atoms with E-state index in [9.17, 15) is 4.79 Å². The van der Waals surface area contributed by atoms with E-state index in [1.165, 1.54) is 25.5 Å². The highest BCUT2D eigenvalue weighted by molar-refractivity contribution is 5.87. The van der Waals surface area contributed by atoms with E-state index in [-0.39, 0.29) is 5.56 Å². The lowest BCUT2D eigenvalue weighted by atomic mass is 10.0. The average Bonchev–Trinajstić information content (AvgIpc) is 2.78. The molecule has 1 fully saturated rings. The first-order valence-electron chi connectivity index (χ1n) is 6.15. The number of rotatable bonds is 4. The van der Waals surface area contributed by atoms with Crippen molar-refractivity contribution in [3.63, 3.8) is 0 Å². The third-order valence-electron chi connectivity index (χ3n) is 3.30. The molecule has 1 aliphatic heterocycles. The topological polar surface area (TPSA) is 53.4 Å². The summed E-state index contributed by atoms with van der Waals surface area (Å²) >= 11 is 0. The Morgan fingerprint density at radius 2 is 2.41 bits per heavy atom. The number of carboxylic acids is 1. The van der Waals surface area contributed by atoms with Gasteiger partial charge in [0.15, 0.2) is 0 Å². The van der Waals surface area contributed by atoms with Crippen molar-refractivity contribution < 1.29 is 9.90 Å². The van der Waals surface area contributed by atoms with Crippen LogP contribution in [0, 0.1) is 5.92 Å². The summed E-state index contributed by atoms with van der Waals surface area (Å²) in [7, 11) is 0. The number of carbonyl (C=O) groups is 1. The zero-order valence-electron chi connectivity index (χ0n) is 10.1. The van der Waals surface area contributed by atoms with Gasteiger partial charge in [-0.25, -0.2) is 9.78 Å². The molecule has 1 unspecified atom stereocenters. The van der Waals surface area contributed by atoms with Crippen LogP contribution in [0.4, 0.5) is 5.82 Å². The molecule has 0 saturated carbocycles. The Kier molecular flexibility index (Phi) is 3.61. The zero-order chi connectivity index (χ0) is 12.3. The van der Waals surface area contributed by atoms with E-state index in [0.29, 0.717) is 0 Å². The van der Waals surface area contributed by atoms with E-state index >= 15 is 0 Å². The van der Waals surface area contributed by atoms with Crippen LogP contribution in [0.2, 0.25) is 0 Å². The Morgan fingerprint density at radius 1 is 1.59 bits per heavy atom. The van der Waals surface area contributed by atoms with Crippen LogP contribution in [-0.4, -0.2) is 29.1 Å². The molecule has 1 aromatic rings. The molecule has 17 heavy (non-hydrogen) atoms. The van der Waals surface area contributed by atoms with Gasteiger partial charge in [-0.15, -0.1) is 0 Å². The number of pyridine rings is 1. The highest BCUT2D eigenvalue weighted by Gasteiger charge is 2.22. The molecule has 1 aliphatic rings. The molecule has 2 rings (SSSR count). The van der Waals surface area contributed by atoms with Crippen molar-refractivity contribution >= 4 is 11.8 Å². The van der Waals surface area contributed by atoms with Crippen molar-refractivity contribution in [1.82, 2.24) is 4.98 Å². The molecule has 1 N–H and O–H groups in total. The second-order valence-corrected chi connectivity index (χ2v) is 4.60. The fourth-order valence-corrected chi connectivity index (χ4v) is 2.38. The van der Waals surface area contributed by atoms with E-state index in [1.54, 1.807) is 12.1 Å². The predicted octanol–water partition coefficient (Wildman–Crippen LogP) is 2.41. The Balaban J connectivity index is 2.01. The van der Waals surface area contributed by atoms with Gasteiger partial charge in [0.2, 0.25) is 0 Å². The van der Waals surface area contributed by atoms with Crippen molar-refractivity contribution in [2.24, 2.45) is 5.92 Å². The number of anilines is 1. The van der Waals surface area contributed by atoms with Gasteiger partial charge < -0.3 is 10.0 Å². The van der Waals surface area contributed by atoms with Crippen molar-refractivity contribution in [3.05, 3.63) is 23.9 Å². The largest absolute Gasteiger partial charge is 0.478 e. The standard InChI is InChI=1S/C13H18N2O2/c1-2-3-10-6-7-15(9-10)12-5-4-11(8-14-12)13(16)17/h4-5,8,10H,2-3,6-7,9H2,1H3,(H,16,17). The molecule has 0 amide bonds. The van der Waals surface area contributed by atoms with E-state index < -0.39 is 5.97 Å². The maximum absolute atomic E-state index is 10.7. The van der Waals surface area contributed by atoms with Gasteiger partial charge in [-0.1, -0.05) is 13.3 Å². The Hall–Kier alpha value is -1.58. The van der Waals surface area contributed by atoms with Crippen LogP contribution >= 0.6 is 0 Å². The summed E-state index contributed by atoms with van der Waals surface area (Å²) in [6, 6.07) is 3.43. The van der Waals surface area contributed by atoms with Crippen molar-refractivity contribution in [2.45, 2.75) is 26.2 Å². The lowest BCUT2D eigenvalue weighted by Crippen LogP contribution is -2.20. The summed E-state index contributed by atoms with van der Waals surface area (Å²) in [5, 5.41) is 8.80. The Bertz CT molecular complexity index is 389. The van der Waals surface area contributed by atoms with E-state index in [1.807, 2.05) is 0 Å². The molecule has 0 bridgehead atoms. The van der Waals surface area contributed by atoms with Gasteiger partial charge >= 0.3 is 5.97 Å². The molecule has 1 aromatic heterocycles. The van der Waals surface area contributed by atoms with Crippen LogP contribution in [0.3, 0.4) is 0 Å². The maximum Gasteiger partial charge on any atom is 0.337 e. The minimum absolute atomic E-state index is 0.248. The minimum Gasteiger partial charge on any atom is -0.478 e. The lowest BCUT2D eigenvalue weighted by Gasteiger charge is -2.17. The Labute approximate surface area is 101 Å².